The summed E-state index contributed by atoms with van der Waals surface area (Å²) in [5.74, 6) is 0. The van der Waals surface area contributed by atoms with E-state index in [0.29, 0.717) is 16.7 Å². The van der Waals surface area contributed by atoms with Gasteiger partial charge in [-0.25, -0.2) is 0 Å². The highest BCUT2D eigenvalue weighted by Gasteiger charge is 2.32. The van der Waals surface area contributed by atoms with E-state index in [2.05, 4.69) is 0 Å². The Morgan fingerprint density at radius 3 is 1.47 bits per heavy atom. The van der Waals surface area contributed by atoms with Gasteiger partial charge in [0.1, 0.15) is 0 Å². The molecular weight excluding hydrogens is 453 g/mol. The Hall–Kier alpha value is -2.74. The lowest BCUT2D eigenvalue weighted by Crippen LogP contribution is -2.07. The molecule has 0 spiro atoms. The molecule has 0 bridgehead atoms. The molecule has 0 aliphatic heterocycles. The highest BCUT2D eigenvalue weighted by Crippen LogP contribution is 2.42. The lowest BCUT2D eigenvalue weighted by molar-refractivity contribution is -0.138. The minimum atomic E-state index is -4.69. The van der Waals surface area contributed by atoms with Gasteiger partial charge in [-0.2, -0.15) is 30.7 Å². The number of aryl methyl sites for hydroxylation is 2. The molecule has 0 aliphatic rings. The number of benzene rings is 3. The maximum atomic E-state index is 15.6. The van der Waals surface area contributed by atoms with Gasteiger partial charge in [0.2, 0.25) is 0 Å². The Kier molecular flexibility index (Phi) is 6.74. The fourth-order valence-electron chi connectivity index (χ4n) is 3.20. The molecule has 0 saturated heterocycles. The maximum Gasteiger partial charge on any atom is 0.416 e. The molecule has 0 aliphatic carbocycles. The van der Waals surface area contributed by atoms with Gasteiger partial charge in [0.25, 0.3) is 0 Å². The number of alkyl halides is 6. The zero-order valence-corrected chi connectivity index (χ0v) is 17.7. The molecule has 168 valence electrons. The summed E-state index contributed by atoms with van der Waals surface area (Å²) >= 11 is 0.672. The van der Waals surface area contributed by atoms with E-state index >= 15 is 4.39 Å². The molecule has 0 atom stereocenters. The standard InChI is InChI=1S/C24H17F7S/c1-14-6-3-7-15(2)21(14)32-22(25)20(16-8-4-10-18(12-16)23(26,27)28)17-9-5-11-19(13-17)24(29,30)31/h3-13H,1-2H3. The second kappa shape index (κ2) is 9.02. The number of rotatable bonds is 4. The van der Waals surface area contributed by atoms with Gasteiger partial charge in [-0.1, -0.05) is 54.2 Å². The molecule has 0 heterocycles. The first-order valence-corrected chi connectivity index (χ1v) is 10.2. The summed E-state index contributed by atoms with van der Waals surface area (Å²) in [5, 5.41) is -0.902. The largest absolute Gasteiger partial charge is 0.416 e. The van der Waals surface area contributed by atoms with Gasteiger partial charge >= 0.3 is 12.4 Å². The quantitative estimate of drug-likeness (QED) is 0.271. The zero-order valence-electron chi connectivity index (χ0n) is 16.9. The van der Waals surface area contributed by atoms with Gasteiger partial charge in [-0.15, -0.1) is 0 Å². The molecule has 0 unspecified atom stereocenters. The first kappa shape index (κ1) is 23.9. The summed E-state index contributed by atoms with van der Waals surface area (Å²) in [4.78, 5) is 0.543. The highest BCUT2D eigenvalue weighted by atomic mass is 32.2. The van der Waals surface area contributed by atoms with Crippen LogP contribution in [0.5, 0.6) is 0 Å². The van der Waals surface area contributed by atoms with Crippen LogP contribution >= 0.6 is 11.8 Å². The summed E-state index contributed by atoms with van der Waals surface area (Å²) in [6, 6.07) is 13.1. The van der Waals surface area contributed by atoms with Gasteiger partial charge in [-0.3, -0.25) is 0 Å². The summed E-state index contributed by atoms with van der Waals surface area (Å²) in [7, 11) is 0. The lowest BCUT2D eigenvalue weighted by Gasteiger charge is -2.16. The lowest BCUT2D eigenvalue weighted by atomic mass is 9.96. The molecule has 0 radical (unpaired) electrons. The van der Waals surface area contributed by atoms with Crippen molar-refractivity contribution in [2.24, 2.45) is 0 Å². The van der Waals surface area contributed by atoms with Crippen LogP contribution in [0.2, 0.25) is 0 Å². The SMILES string of the molecule is Cc1cccc(C)c1SC(F)=C(c1cccc(C(F)(F)F)c1)c1cccc(C(F)(F)F)c1. The van der Waals surface area contributed by atoms with Crippen molar-refractivity contribution in [3.63, 3.8) is 0 Å². The molecule has 3 aromatic rings. The van der Waals surface area contributed by atoms with Crippen LogP contribution in [0.25, 0.3) is 5.57 Å². The predicted molar refractivity (Wildman–Crippen MR) is 112 cm³/mol. The Bertz CT molecular complexity index is 1080. The van der Waals surface area contributed by atoms with Crippen LogP contribution in [0, 0.1) is 13.8 Å². The minimum Gasteiger partial charge on any atom is -0.198 e. The van der Waals surface area contributed by atoms with Crippen molar-refractivity contribution in [2.75, 3.05) is 0 Å². The van der Waals surface area contributed by atoms with E-state index in [1.807, 2.05) is 0 Å². The van der Waals surface area contributed by atoms with Crippen LogP contribution in [0.15, 0.2) is 76.8 Å². The first-order valence-electron chi connectivity index (χ1n) is 9.37. The van der Waals surface area contributed by atoms with Gasteiger partial charge in [0, 0.05) is 10.5 Å². The first-order chi connectivity index (χ1) is 14.9. The summed E-state index contributed by atoms with van der Waals surface area (Å²) < 4.78 is 95.1. The van der Waals surface area contributed by atoms with Crippen molar-refractivity contribution in [3.05, 3.63) is 105 Å². The summed E-state index contributed by atoms with van der Waals surface area (Å²) in [6.45, 7) is 3.49. The fourth-order valence-corrected chi connectivity index (χ4v) is 4.17. The number of hydrogen-bond donors (Lipinski definition) is 0. The molecule has 0 fully saturated rings. The van der Waals surface area contributed by atoms with Crippen LogP contribution in [-0.4, -0.2) is 0 Å². The fraction of sp³-hybridized carbons (Fsp3) is 0.167. The third-order valence-electron chi connectivity index (χ3n) is 4.75. The minimum absolute atomic E-state index is 0.171. The van der Waals surface area contributed by atoms with Gasteiger partial charge in [-0.05, 0) is 60.4 Å². The van der Waals surface area contributed by atoms with Crippen LogP contribution in [0.4, 0.5) is 30.7 Å². The molecule has 3 aromatic carbocycles. The number of thioether (sulfide) groups is 1. The van der Waals surface area contributed by atoms with Crippen LogP contribution in [0.3, 0.4) is 0 Å². The normalized spacial score (nSPS) is 12.0. The Morgan fingerprint density at radius 2 is 1.06 bits per heavy atom. The summed E-state index contributed by atoms with van der Waals surface area (Å²) in [6.07, 6.45) is -9.38. The molecule has 8 heteroatoms. The van der Waals surface area contributed by atoms with E-state index in [-0.39, 0.29) is 16.7 Å². The van der Waals surface area contributed by atoms with Crippen molar-refractivity contribution in [3.8, 4) is 0 Å². The van der Waals surface area contributed by atoms with E-state index in [1.165, 1.54) is 12.1 Å². The molecule has 0 nitrogen and oxygen atoms in total. The Morgan fingerprint density at radius 1 is 0.656 bits per heavy atom. The van der Waals surface area contributed by atoms with Gasteiger partial charge in [0.05, 0.1) is 11.1 Å². The average molecular weight is 470 g/mol. The Labute approximate surface area is 184 Å². The average Bonchev–Trinajstić information content (AvgIpc) is 2.70. The van der Waals surface area contributed by atoms with E-state index in [4.69, 9.17) is 0 Å². The van der Waals surface area contributed by atoms with Crippen molar-refractivity contribution >= 4 is 17.3 Å². The molecule has 0 N–H and O–H groups in total. The predicted octanol–water partition coefficient (Wildman–Crippen LogP) is 8.82. The third kappa shape index (κ3) is 5.35. The van der Waals surface area contributed by atoms with Gasteiger partial charge < -0.3 is 0 Å². The van der Waals surface area contributed by atoms with Crippen molar-refractivity contribution in [1.29, 1.82) is 0 Å². The van der Waals surface area contributed by atoms with Crippen LogP contribution < -0.4 is 0 Å². The van der Waals surface area contributed by atoms with Crippen molar-refractivity contribution in [1.82, 2.24) is 0 Å². The van der Waals surface area contributed by atoms with E-state index < -0.39 is 28.6 Å². The molecule has 0 saturated carbocycles. The smallest absolute Gasteiger partial charge is 0.198 e. The van der Waals surface area contributed by atoms with E-state index in [9.17, 15) is 26.3 Å². The number of hydrogen-bond acceptors (Lipinski definition) is 1. The van der Waals surface area contributed by atoms with Crippen LogP contribution in [-0.2, 0) is 12.4 Å². The molecule has 0 aromatic heterocycles. The van der Waals surface area contributed by atoms with Crippen molar-refractivity contribution in [2.45, 2.75) is 31.1 Å². The van der Waals surface area contributed by atoms with Crippen molar-refractivity contribution < 1.29 is 30.7 Å². The second-order valence-corrected chi connectivity index (χ2v) is 8.10. The molecular formula is C24H17F7S. The van der Waals surface area contributed by atoms with E-state index in [0.717, 1.165) is 47.5 Å². The highest BCUT2D eigenvalue weighted by molar-refractivity contribution is 8.03. The molecule has 3 rings (SSSR count). The topological polar surface area (TPSA) is 0 Å². The zero-order chi connectivity index (χ0) is 23.7. The summed E-state index contributed by atoms with van der Waals surface area (Å²) in [5.41, 5.74) is -1.26. The monoisotopic (exact) mass is 470 g/mol. The maximum absolute atomic E-state index is 15.6. The molecule has 0 amide bonds. The Balaban J connectivity index is 2.24. The van der Waals surface area contributed by atoms with Crippen LogP contribution in [0.1, 0.15) is 33.4 Å². The third-order valence-corrected chi connectivity index (χ3v) is 5.99. The van der Waals surface area contributed by atoms with Gasteiger partial charge in [0.15, 0.2) is 5.16 Å². The van der Waals surface area contributed by atoms with E-state index in [1.54, 1.807) is 32.0 Å². The molecule has 32 heavy (non-hydrogen) atoms. The number of halogens is 7. The second-order valence-electron chi connectivity index (χ2n) is 7.13.